The topological polar surface area (TPSA) is 82.1 Å². The number of ether oxygens (including phenoxy) is 3. The van der Waals surface area contributed by atoms with Crippen LogP contribution in [0.4, 0.5) is 0 Å². The molecule has 0 radical (unpaired) electrons. The van der Waals surface area contributed by atoms with Crippen LogP contribution in [0.15, 0.2) is 24.3 Å². The molecule has 2 aliphatic rings. The van der Waals surface area contributed by atoms with Gasteiger partial charge in [-0.2, -0.15) is 0 Å². The highest BCUT2D eigenvalue weighted by Gasteiger charge is 2.30. The van der Waals surface area contributed by atoms with Crippen LogP contribution in [0.1, 0.15) is 97.3 Å². The van der Waals surface area contributed by atoms with Crippen LogP contribution in [0.25, 0.3) is 0 Å². The summed E-state index contributed by atoms with van der Waals surface area (Å²) in [5.74, 6) is 2.40. The van der Waals surface area contributed by atoms with Crippen molar-refractivity contribution in [1.82, 2.24) is 0 Å². The maximum absolute atomic E-state index is 11.7. The fourth-order valence-corrected chi connectivity index (χ4v) is 5.39. The zero-order chi connectivity index (χ0) is 27.5. The van der Waals surface area contributed by atoms with Gasteiger partial charge in [0.2, 0.25) is 0 Å². The van der Waals surface area contributed by atoms with Gasteiger partial charge in [0.1, 0.15) is 6.29 Å². The van der Waals surface area contributed by atoms with E-state index in [0.29, 0.717) is 31.0 Å². The number of methoxy groups -OCH3 is 1. The largest absolute Gasteiger partial charge is 0.462 e. The van der Waals surface area contributed by atoms with E-state index in [1.807, 2.05) is 0 Å². The molecule has 0 bridgehead atoms. The summed E-state index contributed by atoms with van der Waals surface area (Å²) in [5.41, 5.74) is 0.654. The third-order valence-corrected chi connectivity index (χ3v) is 7.87. The van der Waals surface area contributed by atoms with Crippen LogP contribution in [-0.2, 0) is 23.8 Å². The molecule has 0 amide bonds. The van der Waals surface area contributed by atoms with Crippen LogP contribution in [0.5, 0.6) is 0 Å². The summed E-state index contributed by atoms with van der Waals surface area (Å²) in [5, 5.41) is 8.00. The molecular formula is C31H54O6. The molecule has 0 aromatic heterocycles. The van der Waals surface area contributed by atoms with Crippen LogP contribution >= 0.6 is 0 Å². The summed E-state index contributed by atoms with van der Waals surface area (Å²) >= 11 is 0. The Kier molecular flexibility index (Phi) is 18.5. The summed E-state index contributed by atoms with van der Waals surface area (Å²) in [4.78, 5) is 21.2. The lowest BCUT2D eigenvalue weighted by atomic mass is 9.77. The smallest absolute Gasteiger partial charge is 0.333 e. The lowest BCUT2D eigenvalue weighted by Gasteiger charge is -2.35. The van der Waals surface area contributed by atoms with E-state index in [1.54, 1.807) is 14.0 Å². The minimum Gasteiger partial charge on any atom is -0.462 e. The van der Waals surface area contributed by atoms with Gasteiger partial charge in [0.25, 0.3) is 0 Å². The number of carbonyl (C=O) groups excluding carboxylic acids is 2. The van der Waals surface area contributed by atoms with Gasteiger partial charge in [-0.15, -0.1) is 0 Å². The molecule has 1 N–H and O–H groups in total. The van der Waals surface area contributed by atoms with Crippen LogP contribution < -0.4 is 0 Å². The van der Waals surface area contributed by atoms with Crippen molar-refractivity contribution in [3.63, 3.8) is 0 Å². The van der Waals surface area contributed by atoms with E-state index in [-0.39, 0.29) is 30.2 Å². The molecule has 3 unspecified atom stereocenters. The van der Waals surface area contributed by atoms with Gasteiger partial charge in [-0.25, -0.2) is 4.79 Å². The number of esters is 1. The van der Waals surface area contributed by atoms with Gasteiger partial charge < -0.3 is 19.3 Å². The summed E-state index contributed by atoms with van der Waals surface area (Å²) in [6, 6.07) is 0. The van der Waals surface area contributed by atoms with Crippen LogP contribution in [0, 0.1) is 23.7 Å². The number of aldehydes is 1. The number of rotatable bonds is 16. The van der Waals surface area contributed by atoms with Gasteiger partial charge in [-0.1, -0.05) is 84.3 Å². The highest BCUT2D eigenvalue weighted by molar-refractivity contribution is 5.86. The quantitative estimate of drug-likeness (QED) is 0.108. The molecule has 37 heavy (non-hydrogen) atoms. The first-order valence-corrected chi connectivity index (χ1v) is 14.5. The first kappa shape index (κ1) is 33.5. The molecule has 214 valence electrons. The number of unbranched alkanes of at least 4 members (excludes halogenated alkanes) is 3. The van der Waals surface area contributed by atoms with Gasteiger partial charge in [0.15, 0.2) is 0 Å². The van der Waals surface area contributed by atoms with Gasteiger partial charge in [-0.3, -0.25) is 4.79 Å². The van der Waals surface area contributed by atoms with Crippen LogP contribution in [-0.4, -0.2) is 57.0 Å². The fourth-order valence-electron chi connectivity index (χ4n) is 5.39. The Morgan fingerprint density at radius 1 is 0.973 bits per heavy atom. The number of hydrogen-bond acceptors (Lipinski definition) is 6. The Morgan fingerprint density at radius 3 is 2.08 bits per heavy atom. The molecule has 0 spiro atoms. The molecule has 6 heteroatoms. The second-order valence-corrected chi connectivity index (χ2v) is 11.2. The molecule has 1 aliphatic carbocycles. The monoisotopic (exact) mass is 522 g/mol. The average Bonchev–Trinajstić information content (AvgIpc) is 2.92. The summed E-state index contributed by atoms with van der Waals surface area (Å²) in [7, 11) is 1.69. The van der Waals surface area contributed by atoms with Gasteiger partial charge in [0.05, 0.1) is 25.9 Å². The van der Waals surface area contributed by atoms with E-state index in [1.165, 1.54) is 77.0 Å². The maximum Gasteiger partial charge on any atom is 0.333 e. The Hall–Kier alpha value is -1.50. The molecule has 3 atom stereocenters. The molecule has 0 aromatic rings. The molecule has 1 heterocycles. The molecule has 6 nitrogen and oxygen atoms in total. The number of aliphatic hydroxyl groups excluding tert-OH is 1. The highest BCUT2D eigenvalue weighted by Crippen LogP contribution is 2.36. The van der Waals surface area contributed by atoms with E-state index in [0.717, 1.165) is 24.9 Å². The van der Waals surface area contributed by atoms with E-state index < -0.39 is 0 Å². The van der Waals surface area contributed by atoms with Crippen molar-refractivity contribution in [3.05, 3.63) is 24.3 Å². The fraction of sp³-hybridized carbons (Fsp3) is 0.806. The Bertz CT molecular complexity index is 644. The summed E-state index contributed by atoms with van der Waals surface area (Å²) in [6.07, 6.45) is 18.5. The average molecular weight is 523 g/mol. The predicted octanol–water partition coefficient (Wildman–Crippen LogP) is 6.45. The Labute approximate surface area is 226 Å². The molecule has 0 aromatic carbocycles. The van der Waals surface area contributed by atoms with Gasteiger partial charge in [-0.05, 0) is 43.9 Å². The molecule has 1 aliphatic heterocycles. The zero-order valence-electron chi connectivity index (χ0n) is 23.9. The first-order chi connectivity index (χ1) is 17.8. The lowest BCUT2D eigenvalue weighted by molar-refractivity contribution is -0.145. The molecule has 1 saturated carbocycles. The normalized spacial score (nSPS) is 24.3. The highest BCUT2D eigenvalue weighted by atomic mass is 16.5. The number of aliphatic hydroxyl groups is 1. The second kappa shape index (κ2) is 20.5. The SMILES string of the molecule is C=C(C)C(=O)OCC(COC)C1CCC(CCC2CCC(CCCCCC)CC2)CO1.C=C(C=O)CO. The predicted molar refractivity (Wildman–Crippen MR) is 149 cm³/mol. The third kappa shape index (κ3) is 14.9. The van der Waals surface area contributed by atoms with Crippen LogP contribution in [0.2, 0.25) is 0 Å². The lowest BCUT2D eigenvalue weighted by Crippen LogP contribution is -2.37. The maximum atomic E-state index is 11.7. The van der Waals surface area contributed by atoms with Crippen molar-refractivity contribution in [3.8, 4) is 0 Å². The van der Waals surface area contributed by atoms with E-state index >= 15 is 0 Å². The standard InChI is InChI=1S/C27H48O4.C4H6O2/c1-5-6-7-8-9-22-10-12-23(13-11-22)14-15-24-16-17-26(30-18-24)25(19-29-4)20-31-27(28)21(2)3;1-4(2-5)3-6/h22-26H,2,5-20H2,1,3-4H3;2,6H,1,3H2. The van der Waals surface area contributed by atoms with Crippen molar-refractivity contribution in [2.75, 3.05) is 33.5 Å². The Morgan fingerprint density at radius 2 is 1.59 bits per heavy atom. The van der Waals surface area contributed by atoms with Crippen LogP contribution in [0.3, 0.4) is 0 Å². The second-order valence-electron chi connectivity index (χ2n) is 11.2. The van der Waals surface area contributed by atoms with E-state index in [9.17, 15) is 9.59 Å². The molecular weight excluding hydrogens is 468 g/mol. The minimum absolute atomic E-state index is 0.0989. The van der Waals surface area contributed by atoms with E-state index in [2.05, 4.69) is 20.1 Å². The number of hydrogen-bond donors (Lipinski definition) is 1. The van der Waals surface area contributed by atoms with E-state index in [4.69, 9.17) is 19.3 Å². The summed E-state index contributed by atoms with van der Waals surface area (Å²) in [6.45, 7) is 12.3. The first-order valence-electron chi connectivity index (χ1n) is 14.5. The molecule has 1 saturated heterocycles. The van der Waals surface area contributed by atoms with Gasteiger partial charge in [0, 0.05) is 30.8 Å². The van der Waals surface area contributed by atoms with Gasteiger partial charge >= 0.3 is 5.97 Å². The zero-order valence-corrected chi connectivity index (χ0v) is 23.9. The van der Waals surface area contributed by atoms with Crippen molar-refractivity contribution < 1.29 is 28.9 Å². The minimum atomic E-state index is -0.328. The third-order valence-electron chi connectivity index (χ3n) is 7.87. The summed E-state index contributed by atoms with van der Waals surface area (Å²) < 4.78 is 17.0. The molecule has 2 fully saturated rings. The molecule has 2 rings (SSSR count). The number of carbonyl (C=O) groups is 2. The van der Waals surface area contributed by atoms with Crippen molar-refractivity contribution in [2.45, 2.75) is 103 Å². The van der Waals surface area contributed by atoms with Crippen molar-refractivity contribution in [1.29, 1.82) is 0 Å². The Balaban J connectivity index is 0.00000102. The van der Waals surface area contributed by atoms with Crippen molar-refractivity contribution >= 4 is 12.3 Å². The van der Waals surface area contributed by atoms with Crippen molar-refractivity contribution in [2.24, 2.45) is 23.7 Å².